The van der Waals surface area contributed by atoms with E-state index in [0.717, 1.165) is 13.1 Å². The summed E-state index contributed by atoms with van der Waals surface area (Å²) in [4.78, 5) is 13.5. The van der Waals surface area contributed by atoms with Crippen LogP contribution in [0.3, 0.4) is 0 Å². The molecule has 0 bridgehead atoms. The molecule has 0 aromatic rings. The molecule has 0 aromatic heterocycles. The van der Waals surface area contributed by atoms with Gasteiger partial charge in [0, 0.05) is 18.5 Å². The van der Waals surface area contributed by atoms with Crippen LogP contribution in [0.15, 0.2) is 0 Å². The Balaban J connectivity index is 2.39. The lowest BCUT2D eigenvalue weighted by Crippen LogP contribution is -2.52. The Morgan fingerprint density at radius 3 is 2.76 bits per heavy atom. The number of nitrogens with one attached hydrogen (secondary N) is 2. The topological polar surface area (TPSA) is 68.2 Å². The molecule has 1 fully saturated rings. The Labute approximate surface area is 126 Å². The van der Waals surface area contributed by atoms with Crippen LogP contribution >= 0.6 is 0 Å². The van der Waals surface area contributed by atoms with Crippen molar-refractivity contribution in [1.82, 2.24) is 15.5 Å². The standard InChI is InChI=1S/C15H27FN4O/c1-11(2)7-18-10-15(3,4)19-8-14(21)20-9-12(16)5-13(20)6-17/h11-13,18-19H,5,7-10H2,1-4H3/t12-,13-/m0/s1. The van der Waals surface area contributed by atoms with Gasteiger partial charge in [0.05, 0.1) is 19.2 Å². The maximum atomic E-state index is 13.3. The average molecular weight is 298 g/mol. The fourth-order valence-corrected chi connectivity index (χ4v) is 2.34. The van der Waals surface area contributed by atoms with Crippen LogP contribution in [0.4, 0.5) is 4.39 Å². The van der Waals surface area contributed by atoms with Crippen LogP contribution in [0.5, 0.6) is 0 Å². The second kappa shape index (κ2) is 7.71. The maximum absolute atomic E-state index is 13.3. The first kappa shape index (κ1) is 17.9. The minimum atomic E-state index is -1.08. The third-order valence-electron chi connectivity index (χ3n) is 3.56. The van der Waals surface area contributed by atoms with Crippen LogP contribution in [0.2, 0.25) is 0 Å². The molecule has 0 spiro atoms. The number of rotatable bonds is 7. The van der Waals surface area contributed by atoms with Gasteiger partial charge < -0.3 is 15.5 Å². The lowest BCUT2D eigenvalue weighted by Gasteiger charge is -2.28. The molecule has 5 nitrogen and oxygen atoms in total. The van der Waals surface area contributed by atoms with Gasteiger partial charge in [-0.05, 0) is 26.3 Å². The zero-order valence-corrected chi connectivity index (χ0v) is 13.4. The Kier molecular flexibility index (Phi) is 6.56. The number of nitrogens with zero attached hydrogens (tertiary/aromatic N) is 2. The van der Waals surface area contributed by atoms with Crippen LogP contribution in [-0.2, 0) is 4.79 Å². The summed E-state index contributed by atoms with van der Waals surface area (Å²) >= 11 is 0. The summed E-state index contributed by atoms with van der Waals surface area (Å²) in [7, 11) is 0. The maximum Gasteiger partial charge on any atom is 0.237 e. The molecule has 0 radical (unpaired) electrons. The van der Waals surface area contributed by atoms with Crippen molar-refractivity contribution in [2.75, 3.05) is 26.2 Å². The fourth-order valence-electron chi connectivity index (χ4n) is 2.34. The summed E-state index contributed by atoms with van der Waals surface area (Å²) in [5.41, 5.74) is -0.235. The van der Waals surface area contributed by atoms with Crippen LogP contribution in [0, 0.1) is 17.2 Å². The highest BCUT2D eigenvalue weighted by Gasteiger charge is 2.35. The molecule has 6 heteroatoms. The number of hydrogen-bond acceptors (Lipinski definition) is 4. The van der Waals surface area contributed by atoms with Gasteiger partial charge in [0.15, 0.2) is 0 Å². The van der Waals surface area contributed by atoms with Gasteiger partial charge in [-0.25, -0.2) is 4.39 Å². The second-order valence-corrected chi connectivity index (χ2v) is 6.79. The molecule has 2 atom stereocenters. The van der Waals surface area contributed by atoms with Gasteiger partial charge in [0.2, 0.25) is 5.91 Å². The second-order valence-electron chi connectivity index (χ2n) is 6.79. The van der Waals surface area contributed by atoms with Crippen LogP contribution in [-0.4, -0.2) is 54.7 Å². The van der Waals surface area contributed by atoms with Gasteiger partial charge in [-0.1, -0.05) is 13.8 Å². The number of nitriles is 1. The Hall–Kier alpha value is -1.19. The Bertz CT molecular complexity index is 392. The largest absolute Gasteiger partial charge is 0.323 e. The van der Waals surface area contributed by atoms with Crippen molar-refractivity contribution in [1.29, 1.82) is 5.26 Å². The van der Waals surface area contributed by atoms with Gasteiger partial charge in [-0.2, -0.15) is 5.26 Å². The van der Waals surface area contributed by atoms with Crippen LogP contribution in [0.1, 0.15) is 34.1 Å². The molecule has 120 valence electrons. The molecule has 21 heavy (non-hydrogen) atoms. The van der Waals surface area contributed by atoms with Crippen molar-refractivity contribution < 1.29 is 9.18 Å². The van der Waals surface area contributed by atoms with E-state index in [1.54, 1.807) is 0 Å². The molecule has 0 unspecified atom stereocenters. The van der Waals surface area contributed by atoms with E-state index >= 15 is 0 Å². The van der Waals surface area contributed by atoms with Gasteiger partial charge in [-0.15, -0.1) is 0 Å². The zero-order valence-electron chi connectivity index (χ0n) is 13.4. The first-order valence-corrected chi connectivity index (χ1v) is 7.54. The van der Waals surface area contributed by atoms with Crippen molar-refractivity contribution in [2.24, 2.45) is 5.92 Å². The number of alkyl halides is 1. The Morgan fingerprint density at radius 2 is 2.19 bits per heavy atom. The third kappa shape index (κ3) is 5.98. The average Bonchev–Trinajstić information content (AvgIpc) is 2.76. The predicted octanol–water partition coefficient (Wildman–Crippen LogP) is 1.06. The van der Waals surface area contributed by atoms with E-state index in [4.69, 9.17) is 5.26 Å². The minimum absolute atomic E-state index is 0.0325. The zero-order chi connectivity index (χ0) is 16.0. The quantitative estimate of drug-likeness (QED) is 0.737. The smallest absolute Gasteiger partial charge is 0.237 e. The monoisotopic (exact) mass is 298 g/mol. The SMILES string of the molecule is CC(C)CNCC(C)(C)NCC(=O)N1C[C@@H](F)C[C@H]1C#N. The highest BCUT2D eigenvalue weighted by molar-refractivity contribution is 5.79. The molecule has 1 saturated heterocycles. The predicted molar refractivity (Wildman–Crippen MR) is 80.4 cm³/mol. The molecule has 1 aliphatic rings. The first-order chi connectivity index (χ1) is 9.75. The molecule has 0 aliphatic carbocycles. The van der Waals surface area contributed by atoms with E-state index in [1.807, 2.05) is 19.9 Å². The van der Waals surface area contributed by atoms with Crippen molar-refractivity contribution >= 4 is 5.91 Å². The van der Waals surface area contributed by atoms with Crippen molar-refractivity contribution in [3.05, 3.63) is 0 Å². The van der Waals surface area contributed by atoms with E-state index in [9.17, 15) is 9.18 Å². The summed E-state index contributed by atoms with van der Waals surface area (Å²) in [6.07, 6.45) is -0.957. The van der Waals surface area contributed by atoms with E-state index < -0.39 is 12.2 Å². The summed E-state index contributed by atoms with van der Waals surface area (Å²) in [5, 5.41) is 15.5. The van der Waals surface area contributed by atoms with Gasteiger partial charge >= 0.3 is 0 Å². The molecule has 0 aromatic carbocycles. The lowest BCUT2D eigenvalue weighted by atomic mass is 10.1. The van der Waals surface area contributed by atoms with Gasteiger partial charge in [-0.3, -0.25) is 4.79 Å². The molecule has 0 saturated carbocycles. The molecule has 1 amide bonds. The highest BCUT2D eigenvalue weighted by Crippen LogP contribution is 2.19. The molecular weight excluding hydrogens is 271 g/mol. The van der Waals surface area contributed by atoms with Crippen molar-refractivity contribution in [3.63, 3.8) is 0 Å². The van der Waals surface area contributed by atoms with Crippen LogP contribution < -0.4 is 10.6 Å². The van der Waals surface area contributed by atoms with E-state index in [2.05, 4.69) is 24.5 Å². The third-order valence-corrected chi connectivity index (χ3v) is 3.56. The van der Waals surface area contributed by atoms with Gasteiger partial charge in [0.25, 0.3) is 0 Å². The number of carbonyl (C=O) groups excluding carboxylic acids is 1. The summed E-state index contributed by atoms with van der Waals surface area (Å²) in [6, 6.07) is 1.37. The van der Waals surface area contributed by atoms with Crippen molar-refractivity contribution in [2.45, 2.75) is 51.9 Å². The van der Waals surface area contributed by atoms with E-state index in [-0.39, 0.29) is 31.0 Å². The summed E-state index contributed by atoms with van der Waals surface area (Å²) < 4.78 is 13.3. The highest BCUT2D eigenvalue weighted by atomic mass is 19.1. The van der Waals surface area contributed by atoms with Crippen molar-refractivity contribution in [3.8, 4) is 6.07 Å². The molecular formula is C15H27FN4O. The van der Waals surface area contributed by atoms with E-state index in [1.165, 1.54) is 4.90 Å². The Morgan fingerprint density at radius 1 is 1.52 bits per heavy atom. The molecule has 1 rings (SSSR count). The number of carbonyl (C=O) groups is 1. The number of halogens is 1. The fraction of sp³-hybridized carbons (Fsp3) is 0.867. The molecule has 1 heterocycles. The van der Waals surface area contributed by atoms with Crippen LogP contribution in [0.25, 0.3) is 0 Å². The van der Waals surface area contributed by atoms with Gasteiger partial charge in [0.1, 0.15) is 12.2 Å². The number of hydrogen-bond donors (Lipinski definition) is 2. The first-order valence-electron chi connectivity index (χ1n) is 7.54. The number of likely N-dealkylation sites (tertiary alicyclic amines) is 1. The normalized spacial score (nSPS) is 22.6. The van der Waals surface area contributed by atoms with E-state index in [0.29, 0.717) is 5.92 Å². The number of amides is 1. The summed E-state index contributed by atoms with van der Waals surface area (Å²) in [5.74, 6) is 0.364. The minimum Gasteiger partial charge on any atom is -0.323 e. The summed E-state index contributed by atoms with van der Waals surface area (Å²) in [6.45, 7) is 10.1. The molecule has 1 aliphatic heterocycles. The molecule has 2 N–H and O–H groups in total. The lowest BCUT2D eigenvalue weighted by molar-refractivity contribution is -0.130.